The second-order valence-corrected chi connectivity index (χ2v) is 2.87. The van der Waals surface area contributed by atoms with Crippen LogP contribution in [-0.4, -0.2) is 16.2 Å². The van der Waals surface area contributed by atoms with Crippen molar-refractivity contribution in [2.75, 3.05) is 0 Å². The summed E-state index contributed by atoms with van der Waals surface area (Å²) in [6.07, 6.45) is -1.57. The first-order valence-electron chi connectivity index (χ1n) is 3.98. The SMILES string of the molecule is Cc1c(C#N)cccc1C(O)C(=O)O. The Morgan fingerprint density at radius 1 is 1.57 bits per heavy atom. The van der Waals surface area contributed by atoms with Crippen molar-refractivity contribution in [2.24, 2.45) is 0 Å². The van der Waals surface area contributed by atoms with Gasteiger partial charge in [-0.2, -0.15) is 5.26 Å². The molecule has 14 heavy (non-hydrogen) atoms. The van der Waals surface area contributed by atoms with E-state index in [1.807, 2.05) is 6.07 Å². The third-order valence-electron chi connectivity index (χ3n) is 2.02. The molecule has 0 bridgehead atoms. The maximum atomic E-state index is 10.5. The van der Waals surface area contributed by atoms with Crippen molar-refractivity contribution in [3.05, 3.63) is 34.9 Å². The minimum atomic E-state index is -1.57. The molecule has 4 heteroatoms. The van der Waals surface area contributed by atoms with Crippen molar-refractivity contribution < 1.29 is 15.0 Å². The van der Waals surface area contributed by atoms with Gasteiger partial charge < -0.3 is 10.2 Å². The summed E-state index contributed by atoms with van der Waals surface area (Å²) in [5, 5.41) is 26.6. The van der Waals surface area contributed by atoms with Gasteiger partial charge in [-0.3, -0.25) is 0 Å². The van der Waals surface area contributed by atoms with Gasteiger partial charge in [0.05, 0.1) is 11.6 Å². The zero-order chi connectivity index (χ0) is 10.7. The van der Waals surface area contributed by atoms with Gasteiger partial charge in [0, 0.05) is 0 Å². The number of aliphatic carboxylic acids is 1. The molecule has 2 N–H and O–H groups in total. The van der Waals surface area contributed by atoms with Gasteiger partial charge in [-0.1, -0.05) is 12.1 Å². The van der Waals surface area contributed by atoms with E-state index in [0.29, 0.717) is 11.1 Å². The average molecular weight is 191 g/mol. The largest absolute Gasteiger partial charge is 0.479 e. The zero-order valence-electron chi connectivity index (χ0n) is 7.56. The lowest BCUT2D eigenvalue weighted by molar-refractivity contribution is -0.147. The van der Waals surface area contributed by atoms with Gasteiger partial charge in [-0.15, -0.1) is 0 Å². The van der Waals surface area contributed by atoms with E-state index in [-0.39, 0.29) is 5.56 Å². The average Bonchev–Trinajstić information content (AvgIpc) is 2.17. The first-order valence-corrected chi connectivity index (χ1v) is 3.98. The van der Waals surface area contributed by atoms with E-state index in [0.717, 1.165) is 0 Å². The molecule has 0 saturated heterocycles. The maximum Gasteiger partial charge on any atom is 0.337 e. The minimum absolute atomic E-state index is 0.261. The summed E-state index contributed by atoms with van der Waals surface area (Å²) in [6, 6.07) is 6.55. The standard InChI is InChI=1S/C10H9NO3/c1-6-7(5-11)3-2-4-8(6)9(12)10(13)14/h2-4,9,12H,1H3,(H,13,14). The molecule has 72 valence electrons. The molecule has 0 aliphatic rings. The number of carboxylic acids is 1. The van der Waals surface area contributed by atoms with Crippen LogP contribution in [-0.2, 0) is 4.79 Å². The smallest absolute Gasteiger partial charge is 0.337 e. The Morgan fingerprint density at radius 2 is 2.21 bits per heavy atom. The van der Waals surface area contributed by atoms with E-state index >= 15 is 0 Å². The molecule has 1 atom stereocenters. The van der Waals surface area contributed by atoms with Crippen molar-refractivity contribution in [3.8, 4) is 6.07 Å². The van der Waals surface area contributed by atoms with E-state index in [2.05, 4.69) is 0 Å². The fourth-order valence-electron chi connectivity index (χ4n) is 1.20. The number of nitrogens with zero attached hydrogens (tertiary/aromatic N) is 1. The molecule has 0 heterocycles. The van der Waals surface area contributed by atoms with E-state index in [4.69, 9.17) is 10.4 Å². The summed E-state index contributed by atoms with van der Waals surface area (Å²) in [4.78, 5) is 10.5. The molecule has 0 spiro atoms. The van der Waals surface area contributed by atoms with Crippen LogP contribution in [0.5, 0.6) is 0 Å². The Kier molecular flexibility index (Phi) is 2.85. The van der Waals surface area contributed by atoms with Gasteiger partial charge in [-0.25, -0.2) is 4.79 Å². The van der Waals surface area contributed by atoms with E-state index < -0.39 is 12.1 Å². The number of benzene rings is 1. The molecular weight excluding hydrogens is 182 g/mol. The number of hydrogen-bond acceptors (Lipinski definition) is 3. The van der Waals surface area contributed by atoms with Crippen LogP contribution in [0.1, 0.15) is 22.8 Å². The molecule has 1 aromatic carbocycles. The number of aliphatic hydroxyl groups is 1. The van der Waals surface area contributed by atoms with Gasteiger partial charge in [0.1, 0.15) is 0 Å². The zero-order valence-corrected chi connectivity index (χ0v) is 7.56. The van der Waals surface area contributed by atoms with Crippen LogP contribution in [0.2, 0.25) is 0 Å². The molecule has 0 aliphatic heterocycles. The second kappa shape index (κ2) is 3.90. The summed E-state index contributed by atoms with van der Waals surface area (Å²) >= 11 is 0. The Morgan fingerprint density at radius 3 is 2.71 bits per heavy atom. The van der Waals surface area contributed by atoms with Crippen molar-refractivity contribution >= 4 is 5.97 Å². The first-order chi connectivity index (χ1) is 6.57. The summed E-state index contributed by atoms with van der Waals surface area (Å²) in [5.74, 6) is -1.32. The fraction of sp³-hybridized carbons (Fsp3) is 0.200. The molecular formula is C10H9NO3. The topological polar surface area (TPSA) is 81.3 Å². The molecule has 0 radical (unpaired) electrons. The van der Waals surface area contributed by atoms with E-state index in [1.165, 1.54) is 6.07 Å². The third-order valence-corrected chi connectivity index (χ3v) is 2.02. The maximum absolute atomic E-state index is 10.5. The summed E-state index contributed by atoms with van der Waals surface area (Å²) in [5.41, 5.74) is 1.14. The van der Waals surface area contributed by atoms with Crippen LogP contribution >= 0.6 is 0 Å². The van der Waals surface area contributed by atoms with Gasteiger partial charge in [0.2, 0.25) is 0 Å². The van der Waals surface area contributed by atoms with Gasteiger partial charge in [-0.05, 0) is 24.1 Å². The monoisotopic (exact) mass is 191 g/mol. The third kappa shape index (κ3) is 1.73. The van der Waals surface area contributed by atoms with E-state index in [9.17, 15) is 9.90 Å². The molecule has 0 amide bonds. The van der Waals surface area contributed by atoms with Crippen LogP contribution in [0.25, 0.3) is 0 Å². The first kappa shape index (κ1) is 10.2. The summed E-state index contributed by atoms with van der Waals surface area (Å²) in [6.45, 7) is 1.61. The van der Waals surface area contributed by atoms with Gasteiger partial charge in [0.25, 0.3) is 0 Å². The number of nitriles is 1. The highest BCUT2D eigenvalue weighted by atomic mass is 16.4. The molecule has 0 aliphatic carbocycles. The van der Waals surface area contributed by atoms with Gasteiger partial charge in [0.15, 0.2) is 6.10 Å². The van der Waals surface area contributed by atoms with E-state index in [1.54, 1.807) is 19.1 Å². The highest BCUT2D eigenvalue weighted by Gasteiger charge is 2.18. The Balaban J connectivity index is 3.24. The Bertz CT molecular complexity index is 406. The number of carboxylic acid groups (broad SMARTS) is 1. The second-order valence-electron chi connectivity index (χ2n) is 2.87. The molecule has 0 saturated carbocycles. The predicted octanol–water partition coefficient (Wildman–Crippen LogP) is 0.985. The molecule has 0 fully saturated rings. The number of hydrogen-bond donors (Lipinski definition) is 2. The van der Waals surface area contributed by atoms with Crippen LogP contribution in [0.15, 0.2) is 18.2 Å². The highest BCUT2D eigenvalue weighted by Crippen LogP contribution is 2.20. The minimum Gasteiger partial charge on any atom is -0.479 e. The van der Waals surface area contributed by atoms with Crippen molar-refractivity contribution in [3.63, 3.8) is 0 Å². The van der Waals surface area contributed by atoms with Crippen LogP contribution in [0.3, 0.4) is 0 Å². The van der Waals surface area contributed by atoms with Crippen LogP contribution in [0, 0.1) is 18.3 Å². The van der Waals surface area contributed by atoms with Crippen LogP contribution < -0.4 is 0 Å². The molecule has 1 aromatic rings. The lowest BCUT2D eigenvalue weighted by Gasteiger charge is -2.09. The fourth-order valence-corrected chi connectivity index (χ4v) is 1.20. The highest BCUT2D eigenvalue weighted by molar-refractivity contribution is 5.75. The lowest BCUT2D eigenvalue weighted by Crippen LogP contribution is -2.12. The quantitative estimate of drug-likeness (QED) is 0.730. The predicted molar refractivity (Wildman–Crippen MR) is 48.5 cm³/mol. The van der Waals surface area contributed by atoms with Crippen LogP contribution in [0.4, 0.5) is 0 Å². The van der Waals surface area contributed by atoms with Gasteiger partial charge >= 0.3 is 5.97 Å². The molecule has 1 rings (SSSR count). The normalized spacial score (nSPS) is 11.8. The summed E-state index contributed by atoms with van der Waals surface area (Å²) in [7, 11) is 0. The van der Waals surface area contributed by atoms with Crippen molar-refractivity contribution in [1.82, 2.24) is 0 Å². The lowest BCUT2D eigenvalue weighted by atomic mass is 9.99. The number of rotatable bonds is 2. The summed E-state index contributed by atoms with van der Waals surface area (Å²) < 4.78 is 0. The Labute approximate surface area is 81.0 Å². The molecule has 4 nitrogen and oxygen atoms in total. The number of carbonyl (C=O) groups is 1. The van der Waals surface area contributed by atoms with Crippen molar-refractivity contribution in [1.29, 1.82) is 5.26 Å². The van der Waals surface area contributed by atoms with Crippen molar-refractivity contribution in [2.45, 2.75) is 13.0 Å². The Hall–Kier alpha value is -1.86. The molecule has 0 aromatic heterocycles. The number of aliphatic hydroxyl groups excluding tert-OH is 1. The molecule has 1 unspecified atom stereocenters.